The molecule has 0 saturated heterocycles. The van der Waals surface area contributed by atoms with Crippen LogP contribution in [0.25, 0.3) is 0 Å². The van der Waals surface area contributed by atoms with Crippen LogP contribution in [0.3, 0.4) is 0 Å². The molecule has 0 spiro atoms. The maximum atomic E-state index is 14.9. The Morgan fingerprint density at radius 2 is 1.87 bits per heavy atom. The third-order valence-electron chi connectivity index (χ3n) is 6.72. The molecule has 0 amide bonds. The first-order valence-corrected chi connectivity index (χ1v) is 11.0. The molecule has 0 heterocycles. The van der Waals surface area contributed by atoms with Gasteiger partial charge in [0.15, 0.2) is 0 Å². The smallest absolute Gasteiger partial charge is 0.119 e. The molecule has 2 aliphatic carbocycles. The van der Waals surface area contributed by atoms with Crippen molar-refractivity contribution < 1.29 is 9.60 Å². The standard InChI is InChI=1S/C25H34FN3O/c1-4-20(23(29-30)21-10-9-11-21)18-27-19(3)28-25(22-12-7-6-8-13-22)16-14-24(26,5-2)15-17-25/h4,6-8,12-13,18,28-30H,3,5,9-11,14-17H2,1-2H3/b20-4+,27-18-. The van der Waals surface area contributed by atoms with Gasteiger partial charge in [-0.1, -0.05) is 49.9 Å². The number of halogens is 1. The van der Waals surface area contributed by atoms with Crippen molar-refractivity contribution in [3.05, 3.63) is 71.2 Å². The first kappa shape index (κ1) is 22.3. The molecular formula is C25H34FN3O. The topological polar surface area (TPSA) is 56.7 Å². The van der Waals surface area contributed by atoms with Gasteiger partial charge in [0, 0.05) is 11.8 Å². The number of hydroxylamine groups is 1. The summed E-state index contributed by atoms with van der Waals surface area (Å²) in [5.74, 6) is 0.539. The number of aliphatic imine (C=N–C) groups is 1. The van der Waals surface area contributed by atoms with Gasteiger partial charge >= 0.3 is 0 Å². The summed E-state index contributed by atoms with van der Waals surface area (Å²) in [6.45, 7) is 7.96. The van der Waals surface area contributed by atoms with Crippen LogP contribution in [0.2, 0.25) is 0 Å². The van der Waals surface area contributed by atoms with Crippen LogP contribution in [0.15, 0.2) is 70.6 Å². The molecule has 0 atom stereocenters. The molecule has 2 saturated carbocycles. The fraction of sp³-hybridized carbons (Fsp3) is 0.480. The van der Waals surface area contributed by atoms with E-state index in [0.717, 1.165) is 36.1 Å². The first-order chi connectivity index (χ1) is 14.4. The Bertz CT molecular complexity index is 827. The fourth-order valence-corrected chi connectivity index (χ4v) is 4.41. The summed E-state index contributed by atoms with van der Waals surface area (Å²) >= 11 is 0. The van der Waals surface area contributed by atoms with E-state index >= 15 is 0 Å². The lowest BCUT2D eigenvalue weighted by molar-refractivity contribution is 0.0579. The molecule has 0 bridgehead atoms. The highest BCUT2D eigenvalue weighted by Gasteiger charge is 2.43. The van der Waals surface area contributed by atoms with Crippen LogP contribution in [-0.2, 0) is 5.54 Å². The molecule has 30 heavy (non-hydrogen) atoms. The maximum Gasteiger partial charge on any atom is 0.119 e. The molecular weight excluding hydrogens is 377 g/mol. The average Bonchev–Trinajstić information content (AvgIpc) is 2.74. The van der Waals surface area contributed by atoms with E-state index in [2.05, 4.69) is 34.5 Å². The number of rotatable bonds is 8. The summed E-state index contributed by atoms with van der Waals surface area (Å²) in [7, 11) is 0. The number of alkyl halides is 1. The van der Waals surface area contributed by atoms with Gasteiger partial charge in [0.1, 0.15) is 11.5 Å². The molecule has 0 aromatic heterocycles. The summed E-state index contributed by atoms with van der Waals surface area (Å²) in [5, 5.41) is 13.1. The van der Waals surface area contributed by atoms with Crippen LogP contribution in [0.5, 0.6) is 0 Å². The van der Waals surface area contributed by atoms with Crippen molar-refractivity contribution in [3.63, 3.8) is 0 Å². The molecule has 5 heteroatoms. The number of hydrogen-bond donors (Lipinski definition) is 3. The molecule has 0 aliphatic heterocycles. The summed E-state index contributed by atoms with van der Waals surface area (Å²) in [4.78, 5) is 4.55. The zero-order chi connectivity index (χ0) is 21.6. The molecule has 0 unspecified atom stereocenters. The number of hydrogen-bond acceptors (Lipinski definition) is 4. The average molecular weight is 412 g/mol. The minimum absolute atomic E-state index is 0.374. The van der Waals surface area contributed by atoms with E-state index < -0.39 is 5.67 Å². The molecule has 162 valence electrons. The number of nitrogens with one attached hydrogen (secondary N) is 2. The van der Waals surface area contributed by atoms with Crippen molar-refractivity contribution in [2.75, 3.05) is 0 Å². The summed E-state index contributed by atoms with van der Waals surface area (Å²) in [5.41, 5.74) is 4.80. The van der Waals surface area contributed by atoms with Crippen LogP contribution >= 0.6 is 0 Å². The van der Waals surface area contributed by atoms with Crippen molar-refractivity contribution in [2.24, 2.45) is 4.99 Å². The summed E-state index contributed by atoms with van der Waals surface area (Å²) in [6, 6.07) is 10.2. The van der Waals surface area contributed by atoms with Gasteiger partial charge in [-0.2, -0.15) is 0 Å². The lowest BCUT2D eigenvalue weighted by atomic mass is 9.70. The van der Waals surface area contributed by atoms with E-state index in [0.29, 0.717) is 37.9 Å². The van der Waals surface area contributed by atoms with E-state index in [9.17, 15) is 9.60 Å². The van der Waals surface area contributed by atoms with Gasteiger partial charge < -0.3 is 5.32 Å². The van der Waals surface area contributed by atoms with Crippen LogP contribution in [0.4, 0.5) is 4.39 Å². The minimum Gasteiger partial charge on any atom is -0.361 e. The molecule has 0 radical (unpaired) electrons. The van der Waals surface area contributed by atoms with E-state index in [4.69, 9.17) is 0 Å². The Labute approximate surface area is 179 Å². The van der Waals surface area contributed by atoms with Crippen LogP contribution in [0.1, 0.15) is 70.8 Å². The van der Waals surface area contributed by atoms with Gasteiger partial charge in [0.2, 0.25) is 0 Å². The van der Waals surface area contributed by atoms with Gasteiger partial charge in [0.25, 0.3) is 0 Å². The largest absolute Gasteiger partial charge is 0.361 e. The SMILES string of the molecule is C=C(/N=C\C(=C/C)C(NO)=C1CCC1)NC1(c2ccccc2)CCC(F)(CC)CC1. The van der Waals surface area contributed by atoms with Crippen molar-refractivity contribution >= 4 is 6.21 Å². The van der Waals surface area contributed by atoms with Gasteiger partial charge in [-0.25, -0.2) is 9.38 Å². The minimum atomic E-state index is -1.08. The highest BCUT2D eigenvalue weighted by molar-refractivity contribution is 5.85. The van der Waals surface area contributed by atoms with Crippen LogP contribution in [0, 0.1) is 0 Å². The fourth-order valence-electron chi connectivity index (χ4n) is 4.41. The highest BCUT2D eigenvalue weighted by atomic mass is 19.1. The van der Waals surface area contributed by atoms with E-state index in [1.54, 1.807) is 6.21 Å². The number of allylic oxidation sites excluding steroid dienone is 3. The Morgan fingerprint density at radius 1 is 1.20 bits per heavy atom. The molecule has 1 aromatic carbocycles. The Balaban J connectivity index is 1.78. The summed E-state index contributed by atoms with van der Waals surface area (Å²) < 4.78 is 14.9. The predicted octanol–water partition coefficient (Wildman–Crippen LogP) is 6.07. The van der Waals surface area contributed by atoms with Crippen molar-refractivity contribution in [1.82, 2.24) is 10.8 Å². The lowest BCUT2D eigenvalue weighted by Crippen LogP contribution is -2.47. The van der Waals surface area contributed by atoms with Crippen molar-refractivity contribution in [1.29, 1.82) is 0 Å². The molecule has 1 aromatic rings. The van der Waals surface area contributed by atoms with Gasteiger partial charge in [-0.3, -0.25) is 10.7 Å². The van der Waals surface area contributed by atoms with Gasteiger partial charge in [0.05, 0.1) is 11.2 Å². The second-order valence-corrected chi connectivity index (χ2v) is 8.47. The molecule has 3 N–H and O–H groups in total. The normalized spacial score (nSPS) is 26.9. The highest BCUT2D eigenvalue weighted by Crippen LogP contribution is 2.45. The Kier molecular flexibility index (Phi) is 7.14. The lowest BCUT2D eigenvalue weighted by Gasteiger charge is -2.44. The summed E-state index contributed by atoms with van der Waals surface area (Å²) in [6.07, 6.45) is 9.77. The van der Waals surface area contributed by atoms with Gasteiger partial charge in [-0.15, -0.1) is 0 Å². The van der Waals surface area contributed by atoms with Gasteiger partial charge in [-0.05, 0) is 69.4 Å². The Hall–Kier alpha value is -2.40. The van der Waals surface area contributed by atoms with E-state index in [1.807, 2.05) is 38.1 Å². The second-order valence-electron chi connectivity index (χ2n) is 8.47. The van der Waals surface area contributed by atoms with Crippen LogP contribution in [-0.4, -0.2) is 17.1 Å². The number of nitrogens with zero attached hydrogens (tertiary/aromatic N) is 1. The monoisotopic (exact) mass is 411 g/mol. The first-order valence-electron chi connectivity index (χ1n) is 11.0. The molecule has 4 nitrogen and oxygen atoms in total. The zero-order valence-corrected chi connectivity index (χ0v) is 18.2. The quantitative estimate of drug-likeness (QED) is 0.359. The molecule has 2 fully saturated rings. The molecule has 3 rings (SSSR count). The van der Waals surface area contributed by atoms with Crippen LogP contribution < -0.4 is 10.8 Å². The third kappa shape index (κ3) is 4.84. The predicted molar refractivity (Wildman–Crippen MR) is 121 cm³/mol. The number of benzene rings is 1. The van der Waals surface area contributed by atoms with Crippen molar-refractivity contribution in [3.8, 4) is 0 Å². The second kappa shape index (κ2) is 9.61. The molecule has 2 aliphatic rings. The van der Waals surface area contributed by atoms with E-state index in [1.165, 1.54) is 5.57 Å². The maximum absolute atomic E-state index is 14.9. The van der Waals surface area contributed by atoms with Crippen molar-refractivity contribution in [2.45, 2.75) is 76.4 Å². The van der Waals surface area contributed by atoms with E-state index in [-0.39, 0.29) is 5.54 Å². The third-order valence-corrected chi connectivity index (χ3v) is 6.72. The zero-order valence-electron chi connectivity index (χ0n) is 18.2. The Morgan fingerprint density at radius 3 is 2.37 bits per heavy atom.